The van der Waals surface area contributed by atoms with Gasteiger partial charge in [0.05, 0.1) is 0 Å². The van der Waals surface area contributed by atoms with Crippen LogP contribution in [-0.2, 0) is 16.3 Å². The molecular formula is C20H17FN4O2S2. The van der Waals surface area contributed by atoms with Crippen molar-refractivity contribution in [3.8, 4) is 0 Å². The molecule has 0 aliphatic carbocycles. The van der Waals surface area contributed by atoms with Gasteiger partial charge in [0.1, 0.15) is 16.3 Å². The van der Waals surface area contributed by atoms with Crippen LogP contribution in [0.3, 0.4) is 0 Å². The first-order valence-corrected chi connectivity index (χ1v) is 11.5. The van der Waals surface area contributed by atoms with E-state index >= 15 is 0 Å². The number of fused-ring (bicyclic) bond motifs is 1. The van der Waals surface area contributed by atoms with Crippen LogP contribution in [0.5, 0.6) is 0 Å². The van der Waals surface area contributed by atoms with Crippen molar-refractivity contribution in [1.29, 1.82) is 0 Å². The van der Waals surface area contributed by atoms with Crippen LogP contribution in [0.1, 0.15) is 22.1 Å². The molecule has 2 N–H and O–H groups in total. The summed E-state index contributed by atoms with van der Waals surface area (Å²) in [6, 6.07) is 16.1. The first-order valence-electron chi connectivity index (χ1n) is 8.74. The van der Waals surface area contributed by atoms with Crippen molar-refractivity contribution in [3.05, 3.63) is 76.5 Å². The zero-order chi connectivity index (χ0) is 20.6. The second kappa shape index (κ2) is 7.49. The highest BCUT2D eigenvalue weighted by Gasteiger charge is 2.24. The van der Waals surface area contributed by atoms with Crippen LogP contribution in [0, 0.1) is 5.82 Å². The van der Waals surface area contributed by atoms with Crippen molar-refractivity contribution in [3.63, 3.8) is 0 Å². The Morgan fingerprint density at radius 2 is 1.72 bits per heavy atom. The summed E-state index contributed by atoms with van der Waals surface area (Å²) >= 11 is 1.27. The Kier molecular flexibility index (Phi) is 5.01. The van der Waals surface area contributed by atoms with E-state index in [0.29, 0.717) is 16.3 Å². The van der Waals surface area contributed by atoms with Crippen molar-refractivity contribution >= 4 is 37.5 Å². The van der Waals surface area contributed by atoms with Crippen LogP contribution in [0.25, 0.3) is 10.3 Å². The van der Waals surface area contributed by atoms with E-state index in [9.17, 15) is 12.8 Å². The third-order valence-corrected chi connectivity index (χ3v) is 6.51. The maximum atomic E-state index is 13.5. The minimum Gasteiger partial charge on any atom is -0.368 e. The number of nitrogens with two attached hydrogens (primary N) is 1. The average Bonchev–Trinajstić information content (AvgIpc) is 3.09. The molecule has 0 spiro atoms. The minimum atomic E-state index is -3.63. The summed E-state index contributed by atoms with van der Waals surface area (Å²) in [5.41, 5.74) is 7.87. The zero-order valence-electron chi connectivity index (χ0n) is 15.4. The molecule has 6 nitrogen and oxygen atoms in total. The maximum Gasteiger partial charge on any atom is 0.222 e. The van der Waals surface area contributed by atoms with Crippen molar-refractivity contribution in [2.45, 2.75) is 17.4 Å². The van der Waals surface area contributed by atoms with E-state index in [4.69, 9.17) is 5.73 Å². The molecule has 148 valence electrons. The van der Waals surface area contributed by atoms with Crippen molar-refractivity contribution in [1.82, 2.24) is 15.0 Å². The lowest BCUT2D eigenvalue weighted by atomic mass is 9.92. The first-order chi connectivity index (χ1) is 13.8. The van der Waals surface area contributed by atoms with Gasteiger partial charge in [0.2, 0.25) is 5.95 Å². The van der Waals surface area contributed by atoms with E-state index in [1.165, 1.54) is 23.5 Å². The van der Waals surface area contributed by atoms with Gasteiger partial charge in [-0.1, -0.05) is 53.8 Å². The predicted molar refractivity (Wildman–Crippen MR) is 111 cm³/mol. The van der Waals surface area contributed by atoms with Gasteiger partial charge in [-0.05, 0) is 29.7 Å². The second-order valence-electron chi connectivity index (χ2n) is 6.66. The Morgan fingerprint density at radius 1 is 1.03 bits per heavy atom. The molecule has 0 aliphatic rings. The van der Waals surface area contributed by atoms with Crippen LogP contribution in [-0.4, -0.2) is 29.6 Å². The third-order valence-electron chi connectivity index (χ3n) is 4.46. The van der Waals surface area contributed by atoms with Crippen LogP contribution >= 0.6 is 11.3 Å². The monoisotopic (exact) mass is 428 g/mol. The number of anilines is 1. The predicted octanol–water partition coefficient (Wildman–Crippen LogP) is 3.59. The molecule has 2 heterocycles. The van der Waals surface area contributed by atoms with Gasteiger partial charge in [0.15, 0.2) is 19.7 Å². The summed E-state index contributed by atoms with van der Waals surface area (Å²) in [5, 5.41) is 0.486. The number of nitrogen functional groups attached to an aromatic ring is 1. The third kappa shape index (κ3) is 4.10. The van der Waals surface area contributed by atoms with E-state index in [2.05, 4.69) is 15.0 Å². The molecule has 0 fully saturated rings. The zero-order valence-corrected chi connectivity index (χ0v) is 17.0. The number of sulfone groups is 1. The van der Waals surface area contributed by atoms with Crippen LogP contribution < -0.4 is 5.73 Å². The molecule has 4 rings (SSSR count). The molecule has 0 amide bonds. The van der Waals surface area contributed by atoms with Gasteiger partial charge in [0, 0.05) is 12.2 Å². The number of nitrogens with zero attached hydrogens (tertiary/aromatic N) is 3. The number of hydrogen-bond donors (Lipinski definition) is 1. The van der Waals surface area contributed by atoms with Gasteiger partial charge >= 0.3 is 0 Å². The highest BCUT2D eigenvalue weighted by Crippen LogP contribution is 2.35. The highest BCUT2D eigenvalue weighted by molar-refractivity contribution is 7.90. The summed E-state index contributed by atoms with van der Waals surface area (Å²) in [5.74, 6) is -0.644. The Hall–Kier alpha value is -2.91. The molecule has 9 heteroatoms. The molecule has 29 heavy (non-hydrogen) atoms. The molecule has 4 aromatic rings. The fourth-order valence-corrected chi connectivity index (χ4v) is 5.02. The average molecular weight is 429 g/mol. The molecule has 1 atom stereocenters. The van der Waals surface area contributed by atoms with Gasteiger partial charge in [-0.25, -0.2) is 22.8 Å². The molecule has 0 saturated carbocycles. The summed E-state index contributed by atoms with van der Waals surface area (Å²) in [6.07, 6.45) is 1.68. The molecule has 2 aromatic heterocycles. The number of aromatic nitrogens is 3. The molecule has 2 aromatic carbocycles. The van der Waals surface area contributed by atoms with Crippen molar-refractivity contribution in [2.75, 3.05) is 12.0 Å². The molecule has 1 unspecified atom stereocenters. The Balaban J connectivity index is 1.88. The SMILES string of the molecule is CS(=O)(=O)c1nc(N)nc2sc(C(Cc3ccccc3)c3ccc(F)cc3)nc12. The number of benzene rings is 2. The smallest absolute Gasteiger partial charge is 0.222 e. The quantitative estimate of drug-likeness (QED) is 0.488. The molecule has 0 radical (unpaired) electrons. The van der Waals surface area contributed by atoms with Crippen LogP contribution in [0.15, 0.2) is 59.6 Å². The van der Waals surface area contributed by atoms with Gasteiger partial charge < -0.3 is 5.73 Å². The summed E-state index contributed by atoms with van der Waals surface area (Å²) in [7, 11) is -3.63. The highest BCUT2D eigenvalue weighted by atomic mass is 32.2. The summed E-state index contributed by atoms with van der Waals surface area (Å²) in [6.45, 7) is 0. The van der Waals surface area contributed by atoms with Crippen molar-refractivity contribution < 1.29 is 12.8 Å². The fourth-order valence-electron chi connectivity index (χ4n) is 3.13. The number of halogens is 1. The fraction of sp³-hybridized carbons (Fsp3) is 0.150. The van der Waals surface area contributed by atoms with Gasteiger partial charge in [-0.2, -0.15) is 4.98 Å². The van der Waals surface area contributed by atoms with E-state index in [1.54, 1.807) is 12.1 Å². The lowest BCUT2D eigenvalue weighted by Gasteiger charge is -2.15. The molecule has 0 bridgehead atoms. The van der Waals surface area contributed by atoms with E-state index in [0.717, 1.165) is 17.4 Å². The van der Waals surface area contributed by atoms with Crippen LogP contribution in [0.4, 0.5) is 10.3 Å². The second-order valence-corrected chi connectivity index (χ2v) is 9.60. The number of rotatable bonds is 5. The molecule has 0 aliphatic heterocycles. The minimum absolute atomic E-state index is 0.116. The van der Waals surface area contributed by atoms with Crippen molar-refractivity contribution in [2.24, 2.45) is 0 Å². The Bertz CT molecular complexity index is 1270. The summed E-state index contributed by atoms with van der Waals surface area (Å²) in [4.78, 5) is 13.0. The lowest BCUT2D eigenvalue weighted by molar-refractivity contribution is 0.599. The normalized spacial score (nSPS) is 12.9. The van der Waals surface area contributed by atoms with Gasteiger partial charge in [0.25, 0.3) is 0 Å². The first kappa shape index (κ1) is 19.4. The number of thiazole rings is 1. The molecular weight excluding hydrogens is 411 g/mol. The number of hydrogen-bond acceptors (Lipinski definition) is 7. The topological polar surface area (TPSA) is 98.8 Å². The standard InChI is InChI=1S/C20H17FN4O2S2/c1-29(26,27)19-16-18(24-20(22)25-19)28-17(23-16)15(11-12-5-3-2-4-6-12)13-7-9-14(21)10-8-13/h2-10,15H,11H2,1H3,(H2,22,24,25). The Labute approximate surface area is 171 Å². The largest absolute Gasteiger partial charge is 0.368 e. The van der Waals surface area contributed by atoms with E-state index in [-0.39, 0.29) is 28.2 Å². The Morgan fingerprint density at radius 3 is 2.38 bits per heavy atom. The van der Waals surface area contributed by atoms with E-state index in [1.807, 2.05) is 30.3 Å². The maximum absolute atomic E-state index is 13.5. The van der Waals surface area contributed by atoms with Gasteiger partial charge in [-0.3, -0.25) is 0 Å². The van der Waals surface area contributed by atoms with Gasteiger partial charge in [-0.15, -0.1) is 0 Å². The lowest BCUT2D eigenvalue weighted by Crippen LogP contribution is -2.07. The van der Waals surface area contributed by atoms with Crippen LogP contribution in [0.2, 0.25) is 0 Å². The van der Waals surface area contributed by atoms with E-state index < -0.39 is 9.84 Å². The molecule has 0 saturated heterocycles. The summed E-state index contributed by atoms with van der Waals surface area (Å²) < 4.78 is 37.8.